The monoisotopic (exact) mass is 320 g/mol. The Morgan fingerprint density at radius 2 is 1.95 bits per heavy atom. The fourth-order valence-corrected chi connectivity index (χ4v) is 3.02. The third-order valence-corrected chi connectivity index (χ3v) is 4.37. The number of rotatable bonds is 5. The largest absolute Gasteiger partial charge is 0.467 e. The van der Waals surface area contributed by atoms with Gasteiger partial charge in [-0.1, -0.05) is 17.7 Å². The minimum atomic E-state index is -0.513. The molecule has 5 heteroatoms. The van der Waals surface area contributed by atoms with E-state index in [0.717, 1.165) is 37.7 Å². The minimum Gasteiger partial charge on any atom is -0.467 e. The molecule has 0 saturated carbocycles. The summed E-state index contributed by atoms with van der Waals surface area (Å²) in [7, 11) is 0. The molecule has 0 amide bonds. The van der Waals surface area contributed by atoms with E-state index in [2.05, 4.69) is 15.9 Å². The molecule has 22 heavy (non-hydrogen) atoms. The summed E-state index contributed by atoms with van der Waals surface area (Å²) in [5.74, 6) is 0.651. The maximum Gasteiger partial charge on any atom is 0.132 e. The Kier molecular flexibility index (Phi) is 5.03. The lowest BCUT2D eigenvalue weighted by atomic mass is 10.2. The molecule has 1 fully saturated rings. The molecule has 1 atom stereocenters. The zero-order chi connectivity index (χ0) is 15.4. The molecule has 0 aliphatic carbocycles. The number of hydrogen-bond donors (Lipinski definition) is 1. The SMILES string of the molecule is OC(CCN1CCN(c2cccc(Cl)c2)CC1)c1ccco1. The topological polar surface area (TPSA) is 39.9 Å². The number of benzene rings is 1. The Balaban J connectivity index is 1.46. The van der Waals surface area contributed by atoms with Gasteiger partial charge in [0.25, 0.3) is 0 Å². The second kappa shape index (κ2) is 7.18. The Hall–Kier alpha value is -1.49. The molecule has 1 aromatic heterocycles. The van der Waals surface area contributed by atoms with Crippen molar-refractivity contribution in [1.29, 1.82) is 0 Å². The third kappa shape index (κ3) is 3.83. The summed E-state index contributed by atoms with van der Waals surface area (Å²) in [5.41, 5.74) is 1.18. The predicted molar refractivity (Wildman–Crippen MR) is 88.4 cm³/mol. The van der Waals surface area contributed by atoms with Gasteiger partial charge in [-0.15, -0.1) is 0 Å². The molecule has 1 aliphatic heterocycles. The molecule has 0 bridgehead atoms. The maximum atomic E-state index is 10.1. The molecule has 0 spiro atoms. The van der Waals surface area contributed by atoms with Crippen LogP contribution in [0.1, 0.15) is 18.3 Å². The van der Waals surface area contributed by atoms with Crippen molar-refractivity contribution in [2.24, 2.45) is 0 Å². The van der Waals surface area contributed by atoms with E-state index in [1.165, 1.54) is 5.69 Å². The van der Waals surface area contributed by atoms with Crippen LogP contribution in [-0.2, 0) is 0 Å². The molecule has 1 aliphatic rings. The molecule has 1 aromatic carbocycles. The van der Waals surface area contributed by atoms with Gasteiger partial charge >= 0.3 is 0 Å². The van der Waals surface area contributed by atoms with Crippen molar-refractivity contribution in [2.45, 2.75) is 12.5 Å². The smallest absolute Gasteiger partial charge is 0.132 e. The van der Waals surface area contributed by atoms with E-state index in [4.69, 9.17) is 16.0 Å². The number of furan rings is 1. The van der Waals surface area contributed by atoms with Crippen molar-refractivity contribution in [1.82, 2.24) is 4.90 Å². The van der Waals surface area contributed by atoms with Gasteiger partial charge in [-0.2, -0.15) is 0 Å². The second-order valence-corrected chi connectivity index (χ2v) is 6.06. The first kappa shape index (κ1) is 15.4. The summed E-state index contributed by atoms with van der Waals surface area (Å²) in [6, 6.07) is 11.6. The predicted octanol–water partition coefficient (Wildman–Crippen LogP) is 3.18. The van der Waals surface area contributed by atoms with Gasteiger partial charge in [0, 0.05) is 43.4 Å². The number of nitrogens with zero attached hydrogens (tertiary/aromatic N) is 2. The summed E-state index contributed by atoms with van der Waals surface area (Å²) >= 11 is 6.05. The highest BCUT2D eigenvalue weighted by molar-refractivity contribution is 6.30. The van der Waals surface area contributed by atoms with E-state index in [9.17, 15) is 5.11 Å². The van der Waals surface area contributed by atoms with Gasteiger partial charge < -0.3 is 14.4 Å². The number of halogens is 1. The lowest BCUT2D eigenvalue weighted by Crippen LogP contribution is -2.46. The zero-order valence-corrected chi connectivity index (χ0v) is 13.2. The standard InChI is InChI=1S/C17H21ClN2O2/c18-14-3-1-4-15(13-14)20-10-8-19(9-11-20)7-6-16(21)17-5-2-12-22-17/h1-5,12-13,16,21H,6-11H2. The first-order chi connectivity index (χ1) is 10.7. The van der Waals surface area contributed by atoms with Gasteiger partial charge in [0.2, 0.25) is 0 Å². The van der Waals surface area contributed by atoms with Crippen LogP contribution in [0.3, 0.4) is 0 Å². The Labute approximate surface area is 135 Å². The van der Waals surface area contributed by atoms with Gasteiger partial charge in [0.1, 0.15) is 11.9 Å². The van der Waals surface area contributed by atoms with Crippen molar-refractivity contribution in [3.8, 4) is 0 Å². The van der Waals surface area contributed by atoms with Gasteiger partial charge in [0.05, 0.1) is 6.26 Å². The van der Waals surface area contributed by atoms with Crippen LogP contribution in [0.2, 0.25) is 5.02 Å². The number of aliphatic hydroxyl groups excluding tert-OH is 1. The highest BCUT2D eigenvalue weighted by Gasteiger charge is 2.19. The van der Waals surface area contributed by atoms with Crippen molar-refractivity contribution in [3.05, 3.63) is 53.4 Å². The Morgan fingerprint density at radius 1 is 1.14 bits per heavy atom. The highest BCUT2D eigenvalue weighted by Crippen LogP contribution is 2.22. The number of piperazine rings is 1. The summed E-state index contributed by atoms with van der Waals surface area (Å²) in [6.07, 6.45) is 1.79. The van der Waals surface area contributed by atoms with Crippen LogP contribution in [0, 0.1) is 0 Å². The molecule has 3 rings (SSSR count). The molecular formula is C17H21ClN2O2. The number of anilines is 1. The van der Waals surface area contributed by atoms with Gasteiger partial charge in [-0.25, -0.2) is 0 Å². The van der Waals surface area contributed by atoms with Crippen LogP contribution >= 0.6 is 11.6 Å². The van der Waals surface area contributed by atoms with Crippen LogP contribution in [0.15, 0.2) is 47.1 Å². The van der Waals surface area contributed by atoms with E-state index in [-0.39, 0.29) is 0 Å². The van der Waals surface area contributed by atoms with Crippen LogP contribution < -0.4 is 4.90 Å². The normalized spacial score (nSPS) is 17.6. The van der Waals surface area contributed by atoms with Gasteiger partial charge in [0.15, 0.2) is 0 Å². The molecule has 2 heterocycles. The van der Waals surface area contributed by atoms with Gasteiger partial charge in [-0.3, -0.25) is 4.90 Å². The fraction of sp³-hybridized carbons (Fsp3) is 0.412. The van der Waals surface area contributed by atoms with Crippen LogP contribution in [-0.4, -0.2) is 42.7 Å². The number of aliphatic hydroxyl groups is 1. The number of hydrogen-bond acceptors (Lipinski definition) is 4. The average Bonchev–Trinajstić information content (AvgIpc) is 3.08. The maximum absolute atomic E-state index is 10.1. The van der Waals surface area contributed by atoms with Crippen LogP contribution in [0.4, 0.5) is 5.69 Å². The van der Waals surface area contributed by atoms with Crippen LogP contribution in [0.25, 0.3) is 0 Å². The second-order valence-electron chi connectivity index (χ2n) is 5.63. The van der Waals surface area contributed by atoms with Crippen molar-refractivity contribution in [3.63, 3.8) is 0 Å². The quantitative estimate of drug-likeness (QED) is 0.918. The average molecular weight is 321 g/mol. The lowest BCUT2D eigenvalue weighted by Gasteiger charge is -2.36. The Bertz CT molecular complexity index is 580. The van der Waals surface area contributed by atoms with Crippen molar-refractivity contribution >= 4 is 17.3 Å². The van der Waals surface area contributed by atoms with E-state index in [1.807, 2.05) is 30.3 Å². The summed E-state index contributed by atoms with van der Waals surface area (Å²) < 4.78 is 5.23. The highest BCUT2D eigenvalue weighted by atomic mass is 35.5. The van der Waals surface area contributed by atoms with E-state index in [1.54, 1.807) is 6.26 Å². The first-order valence-electron chi connectivity index (χ1n) is 7.67. The first-order valence-corrected chi connectivity index (χ1v) is 8.04. The van der Waals surface area contributed by atoms with Crippen molar-refractivity contribution in [2.75, 3.05) is 37.6 Å². The Morgan fingerprint density at radius 3 is 2.64 bits per heavy atom. The molecule has 1 N–H and O–H groups in total. The van der Waals surface area contributed by atoms with E-state index < -0.39 is 6.10 Å². The van der Waals surface area contributed by atoms with E-state index in [0.29, 0.717) is 12.2 Å². The fourth-order valence-electron chi connectivity index (χ4n) is 2.83. The molecule has 4 nitrogen and oxygen atoms in total. The van der Waals surface area contributed by atoms with Gasteiger partial charge in [-0.05, 0) is 36.8 Å². The zero-order valence-electron chi connectivity index (χ0n) is 12.5. The van der Waals surface area contributed by atoms with E-state index >= 15 is 0 Å². The van der Waals surface area contributed by atoms with Crippen molar-refractivity contribution < 1.29 is 9.52 Å². The summed E-state index contributed by atoms with van der Waals surface area (Å²) in [6.45, 7) is 4.84. The molecule has 118 valence electrons. The summed E-state index contributed by atoms with van der Waals surface area (Å²) in [5, 5.41) is 10.8. The molecule has 1 saturated heterocycles. The lowest BCUT2D eigenvalue weighted by molar-refractivity contribution is 0.118. The molecular weight excluding hydrogens is 300 g/mol. The van der Waals surface area contributed by atoms with Crippen LogP contribution in [0.5, 0.6) is 0 Å². The minimum absolute atomic E-state index is 0.513. The molecule has 1 unspecified atom stereocenters. The third-order valence-electron chi connectivity index (χ3n) is 4.14. The molecule has 0 radical (unpaired) electrons. The molecule has 2 aromatic rings. The summed E-state index contributed by atoms with van der Waals surface area (Å²) in [4.78, 5) is 4.73.